The van der Waals surface area contributed by atoms with Crippen molar-refractivity contribution < 1.29 is 0 Å². The van der Waals surface area contributed by atoms with Gasteiger partial charge < -0.3 is 5.32 Å². The molecule has 4 rings (SSSR count). The van der Waals surface area contributed by atoms with E-state index in [0.29, 0.717) is 12.1 Å². The molecule has 1 N–H and O–H groups in total. The van der Waals surface area contributed by atoms with Crippen LogP contribution in [0.1, 0.15) is 61.8 Å². The molecule has 0 saturated heterocycles. The number of rotatable bonds is 3. The van der Waals surface area contributed by atoms with Crippen LogP contribution >= 0.6 is 0 Å². The lowest BCUT2D eigenvalue weighted by Gasteiger charge is -2.27. The van der Waals surface area contributed by atoms with Gasteiger partial charge in [-0.3, -0.25) is 4.68 Å². The van der Waals surface area contributed by atoms with Crippen molar-refractivity contribution in [3.8, 4) is 0 Å². The third-order valence-corrected chi connectivity index (χ3v) is 4.75. The summed E-state index contributed by atoms with van der Waals surface area (Å²) < 4.78 is 4.21. The van der Waals surface area contributed by atoms with Crippen LogP contribution in [0.25, 0.3) is 0 Å². The molecule has 2 aliphatic heterocycles. The van der Waals surface area contributed by atoms with Crippen molar-refractivity contribution in [3.63, 3.8) is 0 Å². The molecule has 0 spiro atoms. The van der Waals surface area contributed by atoms with E-state index in [1.807, 2.05) is 10.9 Å². The van der Waals surface area contributed by atoms with Crippen molar-refractivity contribution in [1.82, 2.24) is 29.9 Å². The molecule has 0 fully saturated rings. The number of nitrogens with zero attached hydrogens (tertiary/aromatic N) is 5. The van der Waals surface area contributed by atoms with Crippen molar-refractivity contribution >= 4 is 0 Å². The molecule has 6 heteroatoms. The number of nitrogens with one attached hydrogen (secondary N) is 1. The van der Waals surface area contributed by atoms with Crippen molar-refractivity contribution in [2.75, 3.05) is 0 Å². The molecule has 2 unspecified atom stereocenters. The van der Waals surface area contributed by atoms with E-state index in [-0.39, 0.29) is 0 Å². The fraction of sp³-hybridized carbons (Fsp3) is 0.667. The molecule has 112 valence electrons. The van der Waals surface area contributed by atoms with Gasteiger partial charge in [0.2, 0.25) is 0 Å². The van der Waals surface area contributed by atoms with E-state index in [1.54, 1.807) is 6.33 Å². The zero-order valence-corrected chi connectivity index (χ0v) is 12.5. The molecule has 2 atom stereocenters. The highest BCUT2D eigenvalue weighted by molar-refractivity contribution is 5.23. The van der Waals surface area contributed by atoms with Crippen molar-refractivity contribution in [2.24, 2.45) is 0 Å². The van der Waals surface area contributed by atoms with Crippen LogP contribution in [-0.4, -0.2) is 24.5 Å². The maximum atomic E-state index is 4.55. The molecule has 2 aliphatic rings. The standard InChI is InChI=1S/C15H22N6/c1-11(12-9-17-20-7-3-2-6-14(12)20)19-13-5-4-8-21-15(13)16-10-18-21/h9-11,13,19H,2-8H2,1H3. The van der Waals surface area contributed by atoms with E-state index in [9.17, 15) is 0 Å². The minimum atomic E-state index is 0.301. The van der Waals surface area contributed by atoms with Crippen LogP contribution in [-0.2, 0) is 19.5 Å². The predicted octanol–water partition coefficient (Wildman–Crippen LogP) is 2.00. The van der Waals surface area contributed by atoms with Gasteiger partial charge in [0.25, 0.3) is 0 Å². The Kier molecular flexibility index (Phi) is 3.25. The normalized spacial score (nSPS) is 22.6. The van der Waals surface area contributed by atoms with Gasteiger partial charge in [-0.15, -0.1) is 0 Å². The lowest BCUT2D eigenvalue weighted by Crippen LogP contribution is -2.31. The van der Waals surface area contributed by atoms with Gasteiger partial charge in [-0.2, -0.15) is 10.2 Å². The zero-order chi connectivity index (χ0) is 14.2. The Labute approximate surface area is 124 Å². The molecule has 2 aromatic heterocycles. The topological polar surface area (TPSA) is 60.6 Å². The van der Waals surface area contributed by atoms with Crippen molar-refractivity contribution in [2.45, 2.75) is 64.2 Å². The van der Waals surface area contributed by atoms with Gasteiger partial charge in [-0.05, 0) is 39.0 Å². The summed E-state index contributed by atoms with van der Waals surface area (Å²) in [4.78, 5) is 4.43. The van der Waals surface area contributed by atoms with Gasteiger partial charge in [0.1, 0.15) is 12.2 Å². The van der Waals surface area contributed by atoms with Gasteiger partial charge in [0.05, 0.1) is 12.2 Å². The van der Waals surface area contributed by atoms with E-state index >= 15 is 0 Å². The molecule has 0 bridgehead atoms. The molecule has 4 heterocycles. The molecule has 6 nitrogen and oxygen atoms in total. The van der Waals surface area contributed by atoms with Gasteiger partial charge in [0, 0.05) is 30.4 Å². The first-order chi connectivity index (χ1) is 10.3. The molecule has 0 aromatic carbocycles. The molecule has 0 amide bonds. The summed E-state index contributed by atoms with van der Waals surface area (Å²) in [5.41, 5.74) is 2.77. The molecular weight excluding hydrogens is 264 g/mol. The highest BCUT2D eigenvalue weighted by Gasteiger charge is 2.26. The second-order valence-corrected chi connectivity index (χ2v) is 6.15. The van der Waals surface area contributed by atoms with Crippen molar-refractivity contribution in [3.05, 3.63) is 29.6 Å². The SMILES string of the molecule is CC(NC1CCCn2ncnc21)c1cnn2c1CCCC2. The Morgan fingerprint density at radius 1 is 1.19 bits per heavy atom. The third-order valence-electron chi connectivity index (χ3n) is 4.75. The lowest BCUT2D eigenvalue weighted by molar-refractivity contribution is 0.342. The minimum Gasteiger partial charge on any atom is -0.301 e. The number of hydrogen-bond donors (Lipinski definition) is 1. The van der Waals surface area contributed by atoms with E-state index < -0.39 is 0 Å². The number of fused-ring (bicyclic) bond motifs is 2. The van der Waals surface area contributed by atoms with Crippen LogP contribution < -0.4 is 5.32 Å². The summed E-state index contributed by atoms with van der Waals surface area (Å²) in [6, 6.07) is 0.607. The Bertz CT molecular complexity index is 628. The zero-order valence-electron chi connectivity index (χ0n) is 12.5. The van der Waals surface area contributed by atoms with Crippen molar-refractivity contribution in [1.29, 1.82) is 0 Å². The molecular formula is C15H22N6. The van der Waals surface area contributed by atoms with Gasteiger partial charge in [-0.25, -0.2) is 9.67 Å². The van der Waals surface area contributed by atoms with E-state index in [4.69, 9.17) is 0 Å². The average molecular weight is 286 g/mol. The largest absolute Gasteiger partial charge is 0.301 e. The summed E-state index contributed by atoms with van der Waals surface area (Å²) in [5.74, 6) is 1.08. The third kappa shape index (κ3) is 2.27. The maximum absolute atomic E-state index is 4.55. The summed E-state index contributed by atoms with van der Waals surface area (Å²) in [6.45, 7) is 4.30. The highest BCUT2D eigenvalue weighted by Crippen LogP contribution is 2.28. The summed E-state index contributed by atoms with van der Waals surface area (Å²) in [6.07, 6.45) is 9.69. The second kappa shape index (κ2) is 5.26. The lowest BCUT2D eigenvalue weighted by atomic mass is 10.0. The Morgan fingerprint density at radius 3 is 3.05 bits per heavy atom. The summed E-state index contributed by atoms with van der Waals surface area (Å²) in [5, 5.41) is 12.6. The Hall–Kier alpha value is -1.69. The van der Waals surface area contributed by atoms with Gasteiger partial charge >= 0.3 is 0 Å². The minimum absolute atomic E-state index is 0.301. The van der Waals surface area contributed by atoms with Crippen LogP contribution in [0.5, 0.6) is 0 Å². The average Bonchev–Trinajstić information content (AvgIpc) is 3.14. The number of hydrogen-bond acceptors (Lipinski definition) is 4. The maximum Gasteiger partial charge on any atom is 0.143 e. The van der Waals surface area contributed by atoms with E-state index in [1.165, 1.54) is 24.1 Å². The Balaban J connectivity index is 1.54. The predicted molar refractivity (Wildman–Crippen MR) is 78.7 cm³/mol. The number of aromatic nitrogens is 5. The quantitative estimate of drug-likeness (QED) is 0.937. The summed E-state index contributed by atoms with van der Waals surface area (Å²) in [7, 11) is 0. The fourth-order valence-electron chi connectivity index (χ4n) is 3.65. The molecule has 0 radical (unpaired) electrons. The van der Waals surface area contributed by atoms with Crippen LogP contribution in [0, 0.1) is 0 Å². The molecule has 21 heavy (non-hydrogen) atoms. The smallest absolute Gasteiger partial charge is 0.143 e. The van der Waals surface area contributed by atoms with Crippen LogP contribution in [0.15, 0.2) is 12.5 Å². The van der Waals surface area contributed by atoms with Gasteiger partial charge in [0.15, 0.2) is 0 Å². The molecule has 0 aliphatic carbocycles. The van der Waals surface area contributed by atoms with Crippen LogP contribution in [0.2, 0.25) is 0 Å². The molecule has 2 aromatic rings. The van der Waals surface area contributed by atoms with Crippen LogP contribution in [0.4, 0.5) is 0 Å². The first-order valence-corrected chi connectivity index (χ1v) is 8.01. The van der Waals surface area contributed by atoms with Crippen LogP contribution in [0.3, 0.4) is 0 Å². The number of aryl methyl sites for hydroxylation is 2. The summed E-state index contributed by atoms with van der Waals surface area (Å²) >= 11 is 0. The van der Waals surface area contributed by atoms with Gasteiger partial charge in [-0.1, -0.05) is 0 Å². The highest BCUT2D eigenvalue weighted by atomic mass is 15.4. The Morgan fingerprint density at radius 2 is 2.10 bits per heavy atom. The first-order valence-electron chi connectivity index (χ1n) is 8.01. The molecule has 0 saturated carbocycles. The first kappa shape index (κ1) is 13.0. The second-order valence-electron chi connectivity index (χ2n) is 6.15. The monoisotopic (exact) mass is 286 g/mol. The van der Waals surface area contributed by atoms with E-state index in [2.05, 4.69) is 32.1 Å². The van der Waals surface area contributed by atoms with E-state index in [0.717, 1.165) is 38.2 Å². The fourth-order valence-corrected chi connectivity index (χ4v) is 3.65.